The van der Waals surface area contributed by atoms with E-state index >= 15 is 0 Å². The van der Waals surface area contributed by atoms with Gasteiger partial charge in [-0.2, -0.15) is 0 Å². The van der Waals surface area contributed by atoms with Crippen LogP contribution in [0.25, 0.3) is 0 Å². The molecule has 0 radical (unpaired) electrons. The highest BCUT2D eigenvalue weighted by atomic mass is 19.1. The highest BCUT2D eigenvalue weighted by Gasteiger charge is 2.17. The summed E-state index contributed by atoms with van der Waals surface area (Å²) in [6.45, 7) is 0. The second kappa shape index (κ2) is 5.92. The minimum absolute atomic E-state index is 0.314. The van der Waals surface area contributed by atoms with Crippen LogP contribution in [0.15, 0.2) is 24.3 Å². The summed E-state index contributed by atoms with van der Waals surface area (Å²) in [6.07, 6.45) is 6.25. The number of hydrogen-bond donors (Lipinski definition) is 1. The minimum atomic E-state index is -0.889. The molecule has 0 aliphatic carbocycles. The van der Waals surface area contributed by atoms with Crippen molar-refractivity contribution in [1.82, 2.24) is 0 Å². The van der Waals surface area contributed by atoms with E-state index in [9.17, 15) is 9.18 Å². The summed E-state index contributed by atoms with van der Waals surface area (Å²) in [4.78, 5) is 10.9. The van der Waals surface area contributed by atoms with E-state index in [1.807, 2.05) is 0 Å². The lowest BCUT2D eigenvalue weighted by molar-refractivity contribution is -0.141. The average Bonchev–Trinajstić information content (AvgIpc) is 2.24. The lowest BCUT2D eigenvalue weighted by atomic mass is 9.95. The molecule has 1 rings (SSSR count). The first kappa shape index (κ1) is 12.3. The predicted octanol–water partition coefficient (Wildman–Crippen LogP) is 2.48. The number of halogens is 1. The number of carbonyl (C=O) groups is 1. The first-order valence-corrected chi connectivity index (χ1v) is 5.04. The van der Waals surface area contributed by atoms with Gasteiger partial charge in [0.1, 0.15) is 5.82 Å². The van der Waals surface area contributed by atoms with Crippen LogP contribution in [0.2, 0.25) is 0 Å². The quantitative estimate of drug-likeness (QED) is 0.774. The van der Waals surface area contributed by atoms with Gasteiger partial charge in [-0.1, -0.05) is 12.1 Å². The van der Waals surface area contributed by atoms with Crippen molar-refractivity contribution in [3.05, 3.63) is 35.6 Å². The Kier molecular flexibility index (Phi) is 4.53. The van der Waals surface area contributed by atoms with E-state index in [0.29, 0.717) is 24.8 Å². The number of carboxylic acid groups (broad SMARTS) is 1. The molecule has 1 N–H and O–H groups in total. The summed E-state index contributed by atoms with van der Waals surface area (Å²) < 4.78 is 12.9. The van der Waals surface area contributed by atoms with E-state index in [1.54, 1.807) is 12.1 Å². The second-order valence-corrected chi connectivity index (χ2v) is 3.61. The number of aliphatic carboxylic acids is 1. The molecule has 0 saturated carbocycles. The Morgan fingerprint density at radius 1 is 1.56 bits per heavy atom. The van der Waals surface area contributed by atoms with E-state index in [0.717, 1.165) is 0 Å². The molecule has 0 heterocycles. The van der Waals surface area contributed by atoms with Crippen LogP contribution in [0.3, 0.4) is 0 Å². The molecule has 0 aliphatic rings. The molecule has 0 spiro atoms. The standard InChI is InChI=1S/C13H13FO2/c1-2-3-6-11(13(15)16)8-10-5-4-7-12(14)9-10/h1,4-5,7,9,11H,3,6,8H2,(H,15,16). The van der Waals surface area contributed by atoms with Crippen molar-refractivity contribution in [2.75, 3.05) is 0 Å². The third-order valence-electron chi connectivity index (χ3n) is 2.36. The van der Waals surface area contributed by atoms with Crippen LogP contribution in [-0.4, -0.2) is 11.1 Å². The molecule has 0 bridgehead atoms. The third-order valence-corrected chi connectivity index (χ3v) is 2.36. The molecule has 84 valence electrons. The number of hydrogen-bond acceptors (Lipinski definition) is 1. The fraction of sp³-hybridized carbons (Fsp3) is 0.308. The van der Waals surface area contributed by atoms with Crippen LogP contribution in [-0.2, 0) is 11.2 Å². The Bertz CT molecular complexity index is 407. The van der Waals surface area contributed by atoms with E-state index < -0.39 is 11.9 Å². The zero-order chi connectivity index (χ0) is 12.0. The molecule has 1 aromatic carbocycles. The summed E-state index contributed by atoms with van der Waals surface area (Å²) in [5.74, 6) is 0.631. The summed E-state index contributed by atoms with van der Waals surface area (Å²) in [5.41, 5.74) is 0.685. The van der Waals surface area contributed by atoms with Gasteiger partial charge in [-0.05, 0) is 30.5 Å². The molecule has 0 aliphatic heterocycles. The van der Waals surface area contributed by atoms with Crippen LogP contribution in [0.5, 0.6) is 0 Å². The minimum Gasteiger partial charge on any atom is -0.481 e. The van der Waals surface area contributed by atoms with Crippen LogP contribution >= 0.6 is 0 Å². The van der Waals surface area contributed by atoms with Crippen LogP contribution < -0.4 is 0 Å². The predicted molar refractivity (Wildman–Crippen MR) is 59.3 cm³/mol. The van der Waals surface area contributed by atoms with Crippen molar-refractivity contribution < 1.29 is 14.3 Å². The molecule has 1 aromatic rings. The van der Waals surface area contributed by atoms with Crippen LogP contribution in [0, 0.1) is 24.1 Å². The highest BCUT2D eigenvalue weighted by molar-refractivity contribution is 5.70. The van der Waals surface area contributed by atoms with Crippen molar-refractivity contribution in [1.29, 1.82) is 0 Å². The normalized spacial score (nSPS) is 11.8. The maximum absolute atomic E-state index is 12.9. The lowest BCUT2D eigenvalue weighted by Gasteiger charge is -2.10. The summed E-state index contributed by atoms with van der Waals surface area (Å²) in [6, 6.07) is 5.98. The van der Waals surface area contributed by atoms with E-state index in [-0.39, 0.29) is 5.82 Å². The molecule has 1 unspecified atom stereocenters. The fourth-order valence-electron chi connectivity index (χ4n) is 1.52. The first-order chi connectivity index (χ1) is 7.63. The van der Waals surface area contributed by atoms with Crippen LogP contribution in [0.4, 0.5) is 4.39 Å². The summed E-state index contributed by atoms with van der Waals surface area (Å²) in [7, 11) is 0. The summed E-state index contributed by atoms with van der Waals surface area (Å²) >= 11 is 0. The van der Waals surface area contributed by atoms with Crippen molar-refractivity contribution in [2.45, 2.75) is 19.3 Å². The van der Waals surface area contributed by atoms with E-state index in [4.69, 9.17) is 11.5 Å². The van der Waals surface area contributed by atoms with Gasteiger partial charge < -0.3 is 5.11 Å². The highest BCUT2D eigenvalue weighted by Crippen LogP contribution is 2.15. The van der Waals surface area contributed by atoms with Gasteiger partial charge in [0.2, 0.25) is 0 Å². The molecule has 3 heteroatoms. The van der Waals surface area contributed by atoms with Gasteiger partial charge in [0.25, 0.3) is 0 Å². The Morgan fingerprint density at radius 3 is 2.88 bits per heavy atom. The average molecular weight is 220 g/mol. The topological polar surface area (TPSA) is 37.3 Å². The Hall–Kier alpha value is -1.82. The SMILES string of the molecule is C#CCCC(Cc1cccc(F)c1)C(=O)O. The van der Waals surface area contributed by atoms with Gasteiger partial charge in [-0.3, -0.25) is 4.79 Å². The van der Waals surface area contributed by atoms with Crippen LogP contribution in [0.1, 0.15) is 18.4 Å². The molecular formula is C13H13FO2. The number of carboxylic acids is 1. The zero-order valence-electron chi connectivity index (χ0n) is 8.82. The molecule has 0 fully saturated rings. The molecule has 0 aromatic heterocycles. The molecule has 0 amide bonds. The monoisotopic (exact) mass is 220 g/mol. The van der Waals surface area contributed by atoms with Crippen molar-refractivity contribution in [3.8, 4) is 12.3 Å². The number of terminal acetylenes is 1. The van der Waals surface area contributed by atoms with Gasteiger partial charge in [-0.25, -0.2) is 4.39 Å². The molecule has 16 heavy (non-hydrogen) atoms. The number of benzene rings is 1. The van der Waals surface area contributed by atoms with Crippen molar-refractivity contribution in [3.63, 3.8) is 0 Å². The van der Waals surface area contributed by atoms with E-state index in [1.165, 1.54) is 12.1 Å². The zero-order valence-corrected chi connectivity index (χ0v) is 8.82. The second-order valence-electron chi connectivity index (χ2n) is 3.61. The Labute approximate surface area is 94.1 Å². The molecular weight excluding hydrogens is 207 g/mol. The lowest BCUT2D eigenvalue weighted by Crippen LogP contribution is -2.16. The molecule has 1 atom stereocenters. The first-order valence-electron chi connectivity index (χ1n) is 5.04. The largest absolute Gasteiger partial charge is 0.481 e. The fourth-order valence-corrected chi connectivity index (χ4v) is 1.52. The summed E-state index contributed by atoms with van der Waals surface area (Å²) in [5, 5.41) is 8.97. The Morgan fingerprint density at radius 2 is 2.31 bits per heavy atom. The maximum atomic E-state index is 12.9. The van der Waals surface area contributed by atoms with E-state index in [2.05, 4.69) is 5.92 Å². The van der Waals surface area contributed by atoms with Gasteiger partial charge in [0.15, 0.2) is 0 Å². The van der Waals surface area contributed by atoms with Crippen molar-refractivity contribution in [2.24, 2.45) is 5.92 Å². The third kappa shape index (κ3) is 3.74. The molecule has 0 saturated heterocycles. The Balaban J connectivity index is 2.68. The van der Waals surface area contributed by atoms with Gasteiger partial charge >= 0.3 is 5.97 Å². The van der Waals surface area contributed by atoms with Crippen molar-refractivity contribution >= 4 is 5.97 Å². The maximum Gasteiger partial charge on any atom is 0.306 e. The number of rotatable bonds is 5. The van der Waals surface area contributed by atoms with Gasteiger partial charge in [0.05, 0.1) is 5.92 Å². The molecule has 2 nitrogen and oxygen atoms in total. The smallest absolute Gasteiger partial charge is 0.306 e. The van der Waals surface area contributed by atoms with Gasteiger partial charge in [-0.15, -0.1) is 12.3 Å². The van der Waals surface area contributed by atoms with Gasteiger partial charge in [0, 0.05) is 6.42 Å².